The maximum Gasteiger partial charge on any atom is 0.179 e. The van der Waals surface area contributed by atoms with E-state index in [9.17, 15) is 8.42 Å². The smallest absolute Gasteiger partial charge is 0.179 e. The quantitative estimate of drug-likeness (QED) is 0.828. The number of aryl methyl sites for hydroxylation is 1. The first-order chi connectivity index (χ1) is 11.0. The average molecular weight is 353 g/mol. The van der Waals surface area contributed by atoms with E-state index in [1.807, 2.05) is 30.3 Å². The summed E-state index contributed by atoms with van der Waals surface area (Å²) in [4.78, 5) is 0. The molecule has 122 valence electrons. The van der Waals surface area contributed by atoms with Gasteiger partial charge in [-0.05, 0) is 29.7 Å². The van der Waals surface area contributed by atoms with E-state index >= 15 is 0 Å². The zero-order chi connectivity index (χ0) is 16.3. The molecule has 0 spiro atoms. The molecule has 0 aliphatic carbocycles. The van der Waals surface area contributed by atoms with Gasteiger partial charge in [0.15, 0.2) is 21.3 Å². The second-order valence-electron chi connectivity index (χ2n) is 5.43. The van der Waals surface area contributed by atoms with Crippen molar-refractivity contribution >= 4 is 21.4 Å². The molecule has 6 heteroatoms. The third-order valence-corrected chi connectivity index (χ3v) is 5.47. The highest BCUT2D eigenvalue weighted by atomic mass is 35.5. The molecule has 0 atom stereocenters. The topological polar surface area (TPSA) is 52.6 Å². The highest BCUT2D eigenvalue weighted by Crippen LogP contribution is 2.38. The van der Waals surface area contributed by atoms with Crippen LogP contribution in [0.15, 0.2) is 42.5 Å². The van der Waals surface area contributed by atoms with Gasteiger partial charge in [-0.1, -0.05) is 41.9 Å². The lowest BCUT2D eigenvalue weighted by atomic mass is 10.2. The van der Waals surface area contributed by atoms with Crippen LogP contribution in [0.1, 0.15) is 11.1 Å². The Hall–Kier alpha value is -1.72. The Bertz CT molecular complexity index is 788. The van der Waals surface area contributed by atoms with Gasteiger partial charge in [0, 0.05) is 0 Å². The van der Waals surface area contributed by atoms with Crippen molar-refractivity contribution in [3.63, 3.8) is 0 Å². The van der Waals surface area contributed by atoms with Crippen LogP contribution in [0.4, 0.5) is 0 Å². The van der Waals surface area contributed by atoms with Crippen molar-refractivity contribution in [3.05, 3.63) is 58.6 Å². The summed E-state index contributed by atoms with van der Waals surface area (Å²) < 4.78 is 35.6. The van der Waals surface area contributed by atoms with Crippen LogP contribution >= 0.6 is 11.6 Å². The Morgan fingerprint density at radius 3 is 2.52 bits per heavy atom. The van der Waals surface area contributed by atoms with Crippen LogP contribution < -0.4 is 9.47 Å². The molecule has 0 bridgehead atoms. The predicted octanol–water partition coefficient (Wildman–Crippen LogP) is 3.27. The van der Waals surface area contributed by atoms with Crippen LogP contribution in [0.2, 0.25) is 5.02 Å². The molecule has 0 amide bonds. The molecular weight excluding hydrogens is 336 g/mol. The van der Waals surface area contributed by atoms with Crippen LogP contribution in [-0.2, 0) is 22.0 Å². The van der Waals surface area contributed by atoms with Crippen molar-refractivity contribution in [2.24, 2.45) is 0 Å². The zero-order valence-corrected chi connectivity index (χ0v) is 14.1. The Balaban J connectivity index is 1.71. The molecule has 1 heterocycles. The first-order valence-electron chi connectivity index (χ1n) is 7.36. The van der Waals surface area contributed by atoms with E-state index in [0.29, 0.717) is 41.7 Å². The Kier molecular flexibility index (Phi) is 4.78. The predicted molar refractivity (Wildman–Crippen MR) is 90.1 cm³/mol. The van der Waals surface area contributed by atoms with Crippen molar-refractivity contribution in [1.82, 2.24) is 0 Å². The number of rotatable bonds is 5. The standard InChI is InChI=1S/C17H17ClO4S/c18-15-10-14(11-16-17(15)22-8-7-21-16)12-23(19,20)9-6-13-4-2-1-3-5-13/h1-5,10-11H,6-9,12H2. The average Bonchev–Trinajstić information content (AvgIpc) is 2.54. The molecule has 4 nitrogen and oxygen atoms in total. The first-order valence-corrected chi connectivity index (χ1v) is 9.56. The summed E-state index contributed by atoms with van der Waals surface area (Å²) in [5.41, 5.74) is 1.63. The summed E-state index contributed by atoms with van der Waals surface area (Å²) in [7, 11) is -3.23. The van der Waals surface area contributed by atoms with Crippen molar-refractivity contribution in [1.29, 1.82) is 0 Å². The van der Waals surface area contributed by atoms with Gasteiger partial charge >= 0.3 is 0 Å². The van der Waals surface area contributed by atoms with Crippen molar-refractivity contribution < 1.29 is 17.9 Å². The second kappa shape index (κ2) is 6.81. The fraction of sp³-hybridized carbons (Fsp3) is 0.294. The minimum absolute atomic E-state index is 0.0593. The summed E-state index contributed by atoms with van der Waals surface area (Å²) in [6, 6.07) is 12.9. The zero-order valence-electron chi connectivity index (χ0n) is 12.5. The van der Waals surface area contributed by atoms with Gasteiger partial charge in [-0.15, -0.1) is 0 Å². The monoisotopic (exact) mass is 352 g/mol. The van der Waals surface area contributed by atoms with Crippen LogP contribution in [0, 0.1) is 0 Å². The van der Waals surface area contributed by atoms with Gasteiger partial charge in [0.25, 0.3) is 0 Å². The highest BCUT2D eigenvalue weighted by molar-refractivity contribution is 7.90. The summed E-state index contributed by atoms with van der Waals surface area (Å²) in [6.45, 7) is 0.884. The third kappa shape index (κ3) is 4.18. The minimum atomic E-state index is -3.23. The Morgan fingerprint density at radius 2 is 1.74 bits per heavy atom. The number of halogens is 1. The SMILES string of the molecule is O=S(=O)(CCc1ccccc1)Cc1cc(Cl)c2c(c1)OCCO2. The van der Waals surface area contributed by atoms with E-state index in [1.54, 1.807) is 12.1 Å². The lowest BCUT2D eigenvalue weighted by Crippen LogP contribution is -2.16. The molecule has 1 aliphatic rings. The number of sulfone groups is 1. The lowest BCUT2D eigenvalue weighted by molar-refractivity contribution is 0.171. The van der Waals surface area contributed by atoms with Crippen LogP contribution in [0.3, 0.4) is 0 Å². The molecule has 0 aromatic heterocycles. The highest BCUT2D eigenvalue weighted by Gasteiger charge is 2.19. The molecule has 1 aliphatic heterocycles. The second-order valence-corrected chi connectivity index (χ2v) is 8.02. The van der Waals surface area contributed by atoms with Gasteiger partial charge in [-0.2, -0.15) is 0 Å². The Morgan fingerprint density at radius 1 is 1.00 bits per heavy atom. The molecule has 0 saturated heterocycles. The van der Waals surface area contributed by atoms with E-state index in [1.165, 1.54) is 0 Å². The fourth-order valence-electron chi connectivity index (χ4n) is 2.49. The molecule has 0 unspecified atom stereocenters. The number of hydrogen-bond acceptors (Lipinski definition) is 4. The number of ether oxygens (including phenoxy) is 2. The molecule has 2 aromatic carbocycles. The van der Waals surface area contributed by atoms with Crippen LogP contribution in [0.5, 0.6) is 11.5 Å². The molecule has 0 fully saturated rings. The van der Waals surface area contributed by atoms with Gasteiger partial charge in [0.2, 0.25) is 0 Å². The molecule has 0 saturated carbocycles. The Labute approximate surface area is 140 Å². The van der Waals surface area contributed by atoms with Gasteiger partial charge in [0.05, 0.1) is 16.5 Å². The number of benzene rings is 2. The van der Waals surface area contributed by atoms with Gasteiger partial charge < -0.3 is 9.47 Å². The largest absolute Gasteiger partial charge is 0.486 e. The lowest BCUT2D eigenvalue weighted by Gasteiger charge is -2.20. The maximum absolute atomic E-state index is 12.3. The first kappa shape index (κ1) is 16.1. The molecule has 0 radical (unpaired) electrons. The van der Waals surface area contributed by atoms with Gasteiger partial charge in [-0.25, -0.2) is 8.42 Å². The summed E-state index contributed by atoms with van der Waals surface area (Å²) in [6.07, 6.45) is 0.501. The summed E-state index contributed by atoms with van der Waals surface area (Å²) >= 11 is 6.15. The molecular formula is C17H17ClO4S. The number of hydrogen-bond donors (Lipinski definition) is 0. The van der Waals surface area contributed by atoms with Crippen molar-refractivity contribution in [2.45, 2.75) is 12.2 Å². The summed E-state index contributed by atoms with van der Waals surface area (Å²) in [5, 5.41) is 0.385. The van der Waals surface area contributed by atoms with E-state index in [-0.39, 0.29) is 11.5 Å². The molecule has 3 rings (SSSR count). The van der Waals surface area contributed by atoms with Crippen LogP contribution in [-0.4, -0.2) is 27.4 Å². The molecule has 0 N–H and O–H groups in total. The maximum atomic E-state index is 12.3. The fourth-order valence-corrected chi connectivity index (χ4v) is 4.15. The van der Waals surface area contributed by atoms with Gasteiger partial charge in [-0.3, -0.25) is 0 Å². The van der Waals surface area contributed by atoms with Crippen molar-refractivity contribution in [2.75, 3.05) is 19.0 Å². The number of fused-ring (bicyclic) bond motifs is 1. The van der Waals surface area contributed by atoms with Crippen LogP contribution in [0.25, 0.3) is 0 Å². The summed E-state index contributed by atoms with van der Waals surface area (Å²) in [5.74, 6) is 1.04. The minimum Gasteiger partial charge on any atom is -0.486 e. The van der Waals surface area contributed by atoms with E-state index in [2.05, 4.69) is 0 Å². The van der Waals surface area contributed by atoms with E-state index in [0.717, 1.165) is 5.56 Å². The third-order valence-electron chi connectivity index (χ3n) is 3.59. The van der Waals surface area contributed by atoms with Crippen molar-refractivity contribution in [3.8, 4) is 11.5 Å². The van der Waals surface area contributed by atoms with E-state index in [4.69, 9.17) is 21.1 Å². The van der Waals surface area contributed by atoms with E-state index < -0.39 is 9.84 Å². The van der Waals surface area contributed by atoms with Gasteiger partial charge in [0.1, 0.15) is 13.2 Å². The normalized spacial score (nSPS) is 13.8. The molecule has 2 aromatic rings. The molecule has 23 heavy (non-hydrogen) atoms.